The van der Waals surface area contributed by atoms with E-state index in [1.807, 2.05) is 0 Å². The smallest absolute Gasteiger partial charge is 0.0580 e. The molecular formula is C12H20O. The van der Waals surface area contributed by atoms with Crippen molar-refractivity contribution in [1.82, 2.24) is 0 Å². The first-order valence-electron chi connectivity index (χ1n) is 5.18. The molecule has 0 fully saturated rings. The normalized spacial score (nSPS) is 22.4. The van der Waals surface area contributed by atoms with Gasteiger partial charge in [0.2, 0.25) is 0 Å². The van der Waals surface area contributed by atoms with Gasteiger partial charge in [-0.05, 0) is 46.0 Å². The molecule has 0 heterocycles. The zero-order valence-corrected chi connectivity index (χ0v) is 8.71. The number of aliphatic hydroxyl groups excluding tert-OH is 1. The van der Waals surface area contributed by atoms with Crippen molar-refractivity contribution in [2.45, 2.75) is 52.1 Å². The first-order valence-corrected chi connectivity index (χ1v) is 5.18. The molecule has 0 amide bonds. The molecule has 0 aromatic rings. The molecule has 1 N–H and O–H groups in total. The van der Waals surface area contributed by atoms with Crippen LogP contribution >= 0.6 is 0 Å². The van der Waals surface area contributed by atoms with Gasteiger partial charge in [0.05, 0.1) is 6.10 Å². The highest BCUT2D eigenvalue weighted by atomic mass is 16.3. The van der Waals surface area contributed by atoms with E-state index in [-0.39, 0.29) is 6.10 Å². The Bertz CT molecular complexity index is 209. The summed E-state index contributed by atoms with van der Waals surface area (Å²) in [6.45, 7) is 4.26. The van der Waals surface area contributed by atoms with Gasteiger partial charge in [-0.25, -0.2) is 0 Å². The Balaban J connectivity index is 2.29. The van der Waals surface area contributed by atoms with E-state index in [1.165, 1.54) is 11.1 Å². The molecule has 0 bridgehead atoms. The van der Waals surface area contributed by atoms with E-state index in [0.717, 1.165) is 32.1 Å². The maximum Gasteiger partial charge on any atom is 0.0580 e. The van der Waals surface area contributed by atoms with Gasteiger partial charge in [0, 0.05) is 0 Å². The van der Waals surface area contributed by atoms with Gasteiger partial charge < -0.3 is 5.11 Å². The molecule has 0 radical (unpaired) electrons. The highest BCUT2D eigenvalue weighted by Gasteiger charge is 2.11. The third-order valence-electron chi connectivity index (χ3n) is 2.45. The van der Waals surface area contributed by atoms with Crippen molar-refractivity contribution in [3.05, 3.63) is 23.3 Å². The van der Waals surface area contributed by atoms with E-state index in [1.54, 1.807) is 0 Å². The number of hydrogen-bond donors (Lipinski definition) is 1. The second-order valence-corrected chi connectivity index (χ2v) is 4.12. The molecule has 1 nitrogen and oxygen atoms in total. The third-order valence-corrected chi connectivity index (χ3v) is 2.45. The molecule has 1 aliphatic carbocycles. The van der Waals surface area contributed by atoms with E-state index in [9.17, 15) is 5.11 Å². The van der Waals surface area contributed by atoms with Gasteiger partial charge in [-0.2, -0.15) is 0 Å². The Morgan fingerprint density at radius 1 is 1.62 bits per heavy atom. The van der Waals surface area contributed by atoms with Crippen LogP contribution in [0.3, 0.4) is 0 Å². The molecule has 0 saturated heterocycles. The summed E-state index contributed by atoms with van der Waals surface area (Å²) in [4.78, 5) is 0. The van der Waals surface area contributed by atoms with Gasteiger partial charge in [-0.3, -0.25) is 0 Å². The van der Waals surface area contributed by atoms with Crippen molar-refractivity contribution < 1.29 is 5.11 Å². The molecule has 1 heteroatoms. The lowest BCUT2D eigenvalue weighted by molar-refractivity contribution is 0.159. The van der Waals surface area contributed by atoms with E-state index >= 15 is 0 Å². The van der Waals surface area contributed by atoms with Gasteiger partial charge >= 0.3 is 0 Å². The van der Waals surface area contributed by atoms with E-state index in [4.69, 9.17) is 0 Å². The van der Waals surface area contributed by atoms with Crippen molar-refractivity contribution >= 4 is 0 Å². The monoisotopic (exact) mass is 180 g/mol. The van der Waals surface area contributed by atoms with E-state index < -0.39 is 0 Å². The predicted molar refractivity (Wildman–Crippen MR) is 56.6 cm³/mol. The van der Waals surface area contributed by atoms with Crippen molar-refractivity contribution in [3.63, 3.8) is 0 Å². The molecule has 0 aromatic carbocycles. The molecule has 0 saturated carbocycles. The summed E-state index contributed by atoms with van der Waals surface area (Å²) in [5.74, 6) is 0. The number of rotatable bonds is 3. The number of allylic oxidation sites excluding steroid dienone is 3. The van der Waals surface area contributed by atoms with Crippen LogP contribution in [0.1, 0.15) is 46.0 Å². The fourth-order valence-electron chi connectivity index (χ4n) is 1.72. The van der Waals surface area contributed by atoms with Crippen LogP contribution in [0, 0.1) is 0 Å². The van der Waals surface area contributed by atoms with Crippen LogP contribution < -0.4 is 0 Å². The molecule has 0 aromatic heterocycles. The highest BCUT2D eigenvalue weighted by Crippen LogP contribution is 2.22. The van der Waals surface area contributed by atoms with Crippen LogP contribution in [-0.2, 0) is 0 Å². The summed E-state index contributed by atoms with van der Waals surface area (Å²) >= 11 is 0. The third kappa shape index (κ3) is 4.28. The summed E-state index contributed by atoms with van der Waals surface area (Å²) in [5, 5.41) is 9.43. The molecule has 0 aliphatic heterocycles. The molecule has 0 spiro atoms. The fourth-order valence-corrected chi connectivity index (χ4v) is 1.72. The second-order valence-electron chi connectivity index (χ2n) is 4.12. The van der Waals surface area contributed by atoms with Gasteiger partial charge in [0.1, 0.15) is 0 Å². The quantitative estimate of drug-likeness (QED) is 0.661. The minimum Gasteiger partial charge on any atom is -0.393 e. The first kappa shape index (κ1) is 10.5. The standard InChI is InChI=1S/C12H20O/c1-10(2)5-3-6-11-7-4-8-12(13)9-11/h5,7,12-13H,3-4,6,8-9H2,1-2H3. The number of aliphatic hydroxyl groups is 1. The van der Waals surface area contributed by atoms with E-state index in [0.29, 0.717) is 0 Å². The Labute approximate surface area is 81.2 Å². The largest absolute Gasteiger partial charge is 0.393 e. The fraction of sp³-hybridized carbons (Fsp3) is 0.667. The Morgan fingerprint density at radius 3 is 3.00 bits per heavy atom. The molecule has 1 rings (SSSR count). The van der Waals surface area contributed by atoms with Crippen molar-refractivity contribution in [3.8, 4) is 0 Å². The highest BCUT2D eigenvalue weighted by molar-refractivity contribution is 5.09. The molecule has 74 valence electrons. The minimum atomic E-state index is -0.0771. The summed E-state index contributed by atoms with van der Waals surface area (Å²) in [6.07, 6.45) is 9.65. The number of hydrogen-bond acceptors (Lipinski definition) is 1. The average Bonchev–Trinajstić information content (AvgIpc) is 2.03. The Kier molecular flexibility index (Phi) is 4.23. The summed E-state index contributed by atoms with van der Waals surface area (Å²) in [7, 11) is 0. The van der Waals surface area contributed by atoms with Crippen LogP contribution in [0.25, 0.3) is 0 Å². The topological polar surface area (TPSA) is 20.2 Å². The molecule has 1 unspecified atom stereocenters. The lowest BCUT2D eigenvalue weighted by atomic mass is 9.94. The zero-order chi connectivity index (χ0) is 9.68. The maximum atomic E-state index is 9.43. The summed E-state index contributed by atoms with van der Waals surface area (Å²) in [5.41, 5.74) is 2.83. The Morgan fingerprint density at radius 2 is 2.38 bits per heavy atom. The summed E-state index contributed by atoms with van der Waals surface area (Å²) in [6, 6.07) is 0. The molecular weight excluding hydrogens is 160 g/mol. The summed E-state index contributed by atoms with van der Waals surface area (Å²) < 4.78 is 0. The van der Waals surface area contributed by atoms with Crippen LogP contribution in [0.4, 0.5) is 0 Å². The lowest BCUT2D eigenvalue weighted by Gasteiger charge is -2.17. The van der Waals surface area contributed by atoms with Crippen molar-refractivity contribution in [1.29, 1.82) is 0 Å². The minimum absolute atomic E-state index is 0.0771. The molecule has 13 heavy (non-hydrogen) atoms. The first-order chi connectivity index (χ1) is 6.18. The van der Waals surface area contributed by atoms with Gasteiger partial charge in [-0.15, -0.1) is 0 Å². The second kappa shape index (κ2) is 5.23. The van der Waals surface area contributed by atoms with Gasteiger partial charge in [0.15, 0.2) is 0 Å². The zero-order valence-electron chi connectivity index (χ0n) is 8.71. The van der Waals surface area contributed by atoms with Crippen molar-refractivity contribution in [2.24, 2.45) is 0 Å². The van der Waals surface area contributed by atoms with Crippen molar-refractivity contribution in [2.75, 3.05) is 0 Å². The molecule has 1 aliphatic rings. The lowest BCUT2D eigenvalue weighted by Crippen LogP contribution is -2.11. The molecule has 1 atom stereocenters. The SMILES string of the molecule is CC(C)=CCCC1=CCCC(O)C1. The van der Waals surface area contributed by atoms with Crippen LogP contribution in [-0.4, -0.2) is 11.2 Å². The average molecular weight is 180 g/mol. The Hall–Kier alpha value is -0.560. The predicted octanol–water partition coefficient (Wildman–Crippen LogP) is 3.20. The van der Waals surface area contributed by atoms with E-state index in [2.05, 4.69) is 26.0 Å². The van der Waals surface area contributed by atoms with Gasteiger partial charge in [0.25, 0.3) is 0 Å². The maximum absolute atomic E-state index is 9.43. The van der Waals surface area contributed by atoms with Crippen LogP contribution in [0.2, 0.25) is 0 Å². The van der Waals surface area contributed by atoms with Crippen LogP contribution in [0.15, 0.2) is 23.3 Å². The van der Waals surface area contributed by atoms with Gasteiger partial charge in [-0.1, -0.05) is 23.3 Å². The van der Waals surface area contributed by atoms with Crippen LogP contribution in [0.5, 0.6) is 0 Å².